The van der Waals surface area contributed by atoms with Gasteiger partial charge in [-0.3, -0.25) is 20.2 Å². The third-order valence-electron chi connectivity index (χ3n) is 6.98. The number of ether oxygens (including phenoxy) is 2. The molecule has 0 spiro atoms. The van der Waals surface area contributed by atoms with E-state index in [-0.39, 0.29) is 11.4 Å². The third-order valence-corrected chi connectivity index (χ3v) is 6.98. The van der Waals surface area contributed by atoms with Crippen molar-refractivity contribution < 1.29 is 19.3 Å². The number of rotatable bonds is 15. The summed E-state index contributed by atoms with van der Waals surface area (Å²) in [5.74, 6) is 1.48. The predicted octanol–water partition coefficient (Wildman–Crippen LogP) is 8.65. The molecule has 0 aromatic heterocycles. The van der Waals surface area contributed by atoms with Crippen LogP contribution in [0.1, 0.15) is 47.9 Å². The average Bonchev–Trinajstić information content (AvgIpc) is 3.08. The van der Waals surface area contributed by atoms with Gasteiger partial charge >= 0.3 is 0 Å². The number of benzene rings is 4. The van der Waals surface area contributed by atoms with Gasteiger partial charge < -0.3 is 9.47 Å². The van der Waals surface area contributed by atoms with Gasteiger partial charge in [-0.1, -0.05) is 24.3 Å². The lowest BCUT2D eigenvalue weighted by Crippen LogP contribution is -2.00. The van der Waals surface area contributed by atoms with Gasteiger partial charge in [0.1, 0.15) is 11.5 Å². The zero-order valence-electron chi connectivity index (χ0n) is 24.9. The molecule has 10 heteroatoms. The highest BCUT2D eigenvalue weighted by molar-refractivity contribution is 5.90. The standard InChI is InChI=1S/C36H30N4O6/c37-25-31(29-9-13-33(14-10-29)39(41)42)23-27-5-17-35(18-6-27)45-21-3-1-2-4-22-46-36-19-7-28(8-20-36)24-32(26-38)30-11-15-34(16-12-30)40(43)44/h5-20,23-24H,1-4,21-22H2/b31-23-,32-24+. The number of nitro groups is 2. The first kappa shape index (κ1) is 32.6. The maximum atomic E-state index is 10.9. The zero-order valence-corrected chi connectivity index (χ0v) is 24.9. The van der Waals surface area contributed by atoms with Crippen LogP contribution in [0.15, 0.2) is 97.1 Å². The second-order valence-electron chi connectivity index (χ2n) is 10.2. The molecular weight excluding hydrogens is 584 g/mol. The fourth-order valence-corrected chi connectivity index (χ4v) is 4.48. The second kappa shape index (κ2) is 16.6. The van der Waals surface area contributed by atoms with Crippen LogP contribution in [0.5, 0.6) is 11.5 Å². The van der Waals surface area contributed by atoms with Crippen molar-refractivity contribution in [3.05, 3.63) is 140 Å². The molecule has 4 aromatic carbocycles. The Morgan fingerprint density at radius 3 is 1.22 bits per heavy atom. The molecule has 0 aliphatic rings. The Morgan fingerprint density at radius 2 is 0.913 bits per heavy atom. The van der Waals surface area contributed by atoms with E-state index in [2.05, 4.69) is 12.1 Å². The monoisotopic (exact) mass is 614 g/mol. The Hall–Kier alpha value is -6.26. The van der Waals surface area contributed by atoms with Gasteiger partial charge in [0.15, 0.2) is 0 Å². The van der Waals surface area contributed by atoms with Crippen molar-refractivity contribution in [3.8, 4) is 23.6 Å². The van der Waals surface area contributed by atoms with E-state index in [4.69, 9.17) is 9.47 Å². The Kier molecular flexibility index (Phi) is 11.7. The Labute approximate surface area is 266 Å². The Morgan fingerprint density at radius 1 is 0.565 bits per heavy atom. The lowest BCUT2D eigenvalue weighted by Gasteiger charge is -2.08. The van der Waals surface area contributed by atoms with Gasteiger partial charge in [0.25, 0.3) is 11.4 Å². The molecule has 0 amide bonds. The minimum absolute atomic E-state index is 0.0236. The number of nitrogens with zero attached hydrogens (tertiary/aromatic N) is 4. The number of allylic oxidation sites excluding steroid dienone is 2. The van der Waals surface area contributed by atoms with E-state index in [1.807, 2.05) is 48.5 Å². The number of nitriles is 2. The maximum Gasteiger partial charge on any atom is 0.269 e. The normalized spacial score (nSPS) is 11.3. The van der Waals surface area contributed by atoms with E-state index >= 15 is 0 Å². The van der Waals surface area contributed by atoms with E-state index < -0.39 is 9.85 Å². The van der Waals surface area contributed by atoms with Crippen LogP contribution in [-0.4, -0.2) is 23.1 Å². The van der Waals surface area contributed by atoms with Crippen LogP contribution >= 0.6 is 0 Å². The van der Waals surface area contributed by atoms with E-state index in [0.717, 1.165) is 48.3 Å². The lowest BCUT2D eigenvalue weighted by atomic mass is 10.0. The zero-order chi connectivity index (χ0) is 32.7. The third kappa shape index (κ3) is 9.63. The van der Waals surface area contributed by atoms with E-state index in [1.54, 1.807) is 36.4 Å². The number of hydrogen-bond acceptors (Lipinski definition) is 8. The van der Waals surface area contributed by atoms with Gasteiger partial charge in [-0.05, 0) is 109 Å². The summed E-state index contributed by atoms with van der Waals surface area (Å²) in [6, 6.07) is 30.9. The van der Waals surface area contributed by atoms with Crippen molar-refractivity contribution >= 4 is 34.7 Å². The van der Waals surface area contributed by atoms with Crippen molar-refractivity contribution in [1.82, 2.24) is 0 Å². The summed E-state index contributed by atoms with van der Waals surface area (Å²) in [6.07, 6.45) is 7.25. The molecule has 0 aliphatic carbocycles. The summed E-state index contributed by atoms with van der Waals surface area (Å²) in [7, 11) is 0. The summed E-state index contributed by atoms with van der Waals surface area (Å²) in [6.45, 7) is 1.17. The fourth-order valence-electron chi connectivity index (χ4n) is 4.48. The molecule has 0 aliphatic heterocycles. The molecule has 0 atom stereocenters. The topological polar surface area (TPSA) is 152 Å². The summed E-state index contributed by atoms with van der Waals surface area (Å²) in [4.78, 5) is 20.8. The molecule has 4 aromatic rings. The van der Waals surface area contributed by atoms with Gasteiger partial charge in [-0.2, -0.15) is 10.5 Å². The SMILES string of the molecule is N#C/C(=C\c1ccc(OCCCCCCOc2ccc(/C=C(/C#N)c3ccc([N+](=O)[O-])cc3)cc2)cc1)c1ccc([N+](=O)[O-])cc1. The number of non-ortho nitro benzene ring substituents is 2. The second-order valence-corrected chi connectivity index (χ2v) is 10.2. The van der Waals surface area contributed by atoms with Gasteiger partial charge in [0, 0.05) is 24.3 Å². The van der Waals surface area contributed by atoms with E-state index in [1.165, 1.54) is 24.3 Å². The van der Waals surface area contributed by atoms with Gasteiger partial charge in [-0.15, -0.1) is 0 Å². The molecule has 230 valence electrons. The quantitative estimate of drug-likeness (QED) is 0.0424. The highest BCUT2D eigenvalue weighted by Gasteiger charge is 2.08. The molecule has 0 radical (unpaired) electrons. The van der Waals surface area contributed by atoms with Gasteiger partial charge in [0.05, 0.1) is 46.3 Å². The first-order valence-electron chi connectivity index (χ1n) is 14.6. The molecule has 0 saturated heterocycles. The summed E-state index contributed by atoms with van der Waals surface area (Å²) in [5, 5.41) is 40.8. The summed E-state index contributed by atoms with van der Waals surface area (Å²) in [5.41, 5.74) is 3.63. The fraction of sp³-hybridized carbons (Fsp3) is 0.167. The van der Waals surface area contributed by atoms with Crippen LogP contribution in [-0.2, 0) is 0 Å². The maximum absolute atomic E-state index is 10.9. The van der Waals surface area contributed by atoms with Crippen LogP contribution in [0.3, 0.4) is 0 Å². The van der Waals surface area contributed by atoms with Crippen molar-refractivity contribution in [2.45, 2.75) is 25.7 Å². The highest BCUT2D eigenvalue weighted by Crippen LogP contribution is 2.24. The minimum Gasteiger partial charge on any atom is -0.494 e. The first-order chi connectivity index (χ1) is 22.4. The average molecular weight is 615 g/mol. The van der Waals surface area contributed by atoms with Crippen LogP contribution in [0.2, 0.25) is 0 Å². The minimum atomic E-state index is -0.474. The lowest BCUT2D eigenvalue weighted by molar-refractivity contribution is -0.385. The molecule has 10 nitrogen and oxygen atoms in total. The van der Waals surface area contributed by atoms with Crippen molar-refractivity contribution in [2.75, 3.05) is 13.2 Å². The van der Waals surface area contributed by atoms with Crippen molar-refractivity contribution in [1.29, 1.82) is 10.5 Å². The number of unbranched alkanes of at least 4 members (excludes halogenated alkanes) is 3. The molecule has 46 heavy (non-hydrogen) atoms. The largest absolute Gasteiger partial charge is 0.494 e. The predicted molar refractivity (Wildman–Crippen MR) is 176 cm³/mol. The molecular formula is C36H30N4O6. The number of nitro benzene ring substituents is 2. The van der Waals surface area contributed by atoms with Crippen LogP contribution in [0, 0.1) is 42.9 Å². The molecule has 0 saturated carbocycles. The van der Waals surface area contributed by atoms with Gasteiger partial charge in [-0.25, -0.2) is 0 Å². The molecule has 0 N–H and O–H groups in total. The van der Waals surface area contributed by atoms with E-state index in [0.29, 0.717) is 35.5 Å². The molecule has 0 bridgehead atoms. The highest BCUT2D eigenvalue weighted by atomic mass is 16.6. The smallest absolute Gasteiger partial charge is 0.269 e. The van der Waals surface area contributed by atoms with Crippen molar-refractivity contribution in [3.63, 3.8) is 0 Å². The molecule has 0 heterocycles. The van der Waals surface area contributed by atoms with Crippen LogP contribution in [0.25, 0.3) is 23.3 Å². The summed E-state index contributed by atoms with van der Waals surface area (Å²) >= 11 is 0. The van der Waals surface area contributed by atoms with E-state index in [9.17, 15) is 30.8 Å². The Balaban J connectivity index is 1.13. The summed E-state index contributed by atoms with van der Waals surface area (Å²) < 4.78 is 11.7. The Bertz CT molecular complexity index is 1650. The first-order valence-corrected chi connectivity index (χ1v) is 14.6. The number of hydrogen-bond donors (Lipinski definition) is 0. The van der Waals surface area contributed by atoms with Crippen LogP contribution < -0.4 is 9.47 Å². The van der Waals surface area contributed by atoms with Gasteiger partial charge in [0.2, 0.25) is 0 Å². The molecule has 0 fully saturated rings. The van der Waals surface area contributed by atoms with Crippen molar-refractivity contribution in [2.24, 2.45) is 0 Å². The molecule has 0 unspecified atom stereocenters. The molecule has 4 rings (SSSR count). The van der Waals surface area contributed by atoms with Crippen LogP contribution in [0.4, 0.5) is 11.4 Å².